The first kappa shape index (κ1) is 18.3. The molecule has 0 N–H and O–H groups in total. The summed E-state index contributed by atoms with van der Waals surface area (Å²) >= 11 is 0. The molecule has 1 aliphatic heterocycles. The first-order valence-corrected chi connectivity index (χ1v) is 8.25. The Morgan fingerprint density at radius 3 is 2.50 bits per heavy atom. The maximum atomic E-state index is 12.3. The van der Waals surface area contributed by atoms with E-state index in [4.69, 9.17) is 6.42 Å². The molecule has 1 amide bonds. The van der Waals surface area contributed by atoms with Crippen molar-refractivity contribution in [2.45, 2.75) is 52.5 Å². The minimum atomic E-state index is 0.204. The Kier molecular flexibility index (Phi) is 7.74. The Bertz CT molecular complexity index is 465. The van der Waals surface area contributed by atoms with Crippen molar-refractivity contribution in [1.82, 2.24) is 4.90 Å². The molecule has 3 atom stereocenters. The van der Waals surface area contributed by atoms with Gasteiger partial charge in [-0.05, 0) is 30.7 Å². The van der Waals surface area contributed by atoms with Crippen LogP contribution in [-0.4, -0.2) is 17.4 Å². The number of carbonyl (C=O) groups is 1. The molecule has 1 aliphatic rings. The van der Waals surface area contributed by atoms with Crippen LogP contribution in [0.5, 0.6) is 0 Å². The summed E-state index contributed by atoms with van der Waals surface area (Å²) in [5.74, 6) is 1.62. The van der Waals surface area contributed by atoms with E-state index in [1.165, 1.54) is 24.8 Å². The normalized spacial score (nSPS) is 20.1. The van der Waals surface area contributed by atoms with Crippen LogP contribution in [0.1, 0.15) is 58.1 Å². The predicted octanol–water partition coefficient (Wildman–Crippen LogP) is 4.63. The first-order chi connectivity index (χ1) is 10.6. The number of likely N-dealkylation sites (tertiary alicyclic amines) is 1. The van der Waals surface area contributed by atoms with Crippen LogP contribution in [0, 0.1) is 24.7 Å². The third-order valence-electron chi connectivity index (χ3n) is 4.51. The van der Waals surface area contributed by atoms with Crippen molar-refractivity contribution >= 4 is 5.91 Å². The van der Waals surface area contributed by atoms with E-state index in [2.05, 4.69) is 44.2 Å². The van der Waals surface area contributed by atoms with Crippen LogP contribution >= 0.6 is 0 Å². The Morgan fingerprint density at radius 2 is 1.91 bits per heavy atom. The van der Waals surface area contributed by atoms with Gasteiger partial charge in [-0.1, -0.05) is 57.0 Å². The summed E-state index contributed by atoms with van der Waals surface area (Å²) in [5.41, 5.74) is 1.24. The van der Waals surface area contributed by atoms with E-state index < -0.39 is 0 Å². The summed E-state index contributed by atoms with van der Waals surface area (Å²) < 4.78 is 0. The van der Waals surface area contributed by atoms with Gasteiger partial charge in [0.1, 0.15) is 0 Å². The predicted molar refractivity (Wildman–Crippen MR) is 91.6 cm³/mol. The Balaban J connectivity index is 0.00000116. The molecule has 0 aromatic heterocycles. The minimum absolute atomic E-state index is 0.204. The van der Waals surface area contributed by atoms with Crippen LogP contribution in [0.15, 0.2) is 30.3 Å². The van der Waals surface area contributed by atoms with Gasteiger partial charge in [-0.2, -0.15) is 0 Å². The first-order valence-electron chi connectivity index (χ1n) is 8.25. The van der Waals surface area contributed by atoms with Gasteiger partial charge in [-0.25, -0.2) is 0 Å². The highest BCUT2D eigenvalue weighted by Gasteiger charge is 2.33. The average Bonchev–Trinajstić information content (AvgIpc) is 2.90. The number of amides is 1. The summed E-state index contributed by atoms with van der Waals surface area (Å²) in [6.07, 6.45) is 13.5. The number of carbonyl (C=O) groups excluding carboxylic acids is 1. The standard InChI is InChI=1S/C18H27NO.C2H/c1-4-8-14(2)11-16-12-18(20)19(13-16)15(3)17-9-6-5-7-10-17;1-2/h5-7,9-10,14-16H,4,8,11-13H2,1-3H3;1H/q;-1/t14?,15-,16-;/m0./s1. The molecule has 0 aliphatic carbocycles. The summed E-state index contributed by atoms with van der Waals surface area (Å²) in [4.78, 5) is 14.3. The van der Waals surface area contributed by atoms with E-state index >= 15 is 0 Å². The van der Waals surface area contributed by atoms with Gasteiger partial charge in [0, 0.05) is 13.0 Å². The Morgan fingerprint density at radius 1 is 1.27 bits per heavy atom. The van der Waals surface area contributed by atoms with Gasteiger partial charge in [-0.15, -0.1) is 0 Å². The second-order valence-electron chi connectivity index (χ2n) is 6.33. The van der Waals surface area contributed by atoms with Crippen LogP contribution in [0.4, 0.5) is 0 Å². The molecule has 120 valence electrons. The van der Waals surface area contributed by atoms with E-state index in [0.717, 1.165) is 18.9 Å². The summed E-state index contributed by atoms with van der Waals surface area (Å²) in [5, 5.41) is 0. The van der Waals surface area contributed by atoms with Crippen LogP contribution in [0.2, 0.25) is 0 Å². The van der Waals surface area contributed by atoms with Gasteiger partial charge in [0.25, 0.3) is 0 Å². The molecule has 0 spiro atoms. The monoisotopic (exact) mass is 298 g/mol. The van der Waals surface area contributed by atoms with Crippen LogP contribution in [0.3, 0.4) is 0 Å². The number of hydrogen-bond donors (Lipinski definition) is 0. The lowest BCUT2D eigenvalue weighted by atomic mass is 9.92. The number of nitrogens with zero attached hydrogens (tertiary/aromatic N) is 1. The maximum absolute atomic E-state index is 12.3. The summed E-state index contributed by atoms with van der Waals surface area (Å²) in [7, 11) is 0. The zero-order chi connectivity index (χ0) is 16.5. The molecular formula is C20H28NO-. The fourth-order valence-corrected chi connectivity index (χ4v) is 3.43. The van der Waals surface area contributed by atoms with E-state index in [1.54, 1.807) is 0 Å². The van der Waals surface area contributed by atoms with Gasteiger partial charge in [0.15, 0.2) is 0 Å². The fourth-order valence-electron chi connectivity index (χ4n) is 3.43. The lowest BCUT2D eigenvalue weighted by Gasteiger charge is -2.25. The average molecular weight is 298 g/mol. The molecule has 2 heteroatoms. The molecule has 22 heavy (non-hydrogen) atoms. The molecule has 0 radical (unpaired) electrons. The van der Waals surface area contributed by atoms with Crippen molar-refractivity contribution < 1.29 is 4.79 Å². The van der Waals surface area contributed by atoms with Crippen LogP contribution in [-0.2, 0) is 4.79 Å². The second kappa shape index (κ2) is 9.30. The largest absolute Gasteiger partial charge is 0.697 e. The van der Waals surface area contributed by atoms with E-state index in [-0.39, 0.29) is 6.04 Å². The number of hydrogen-bond acceptors (Lipinski definition) is 1. The van der Waals surface area contributed by atoms with E-state index in [9.17, 15) is 4.79 Å². The van der Waals surface area contributed by atoms with Crippen molar-refractivity contribution in [3.05, 3.63) is 42.3 Å². The molecular weight excluding hydrogens is 270 g/mol. The molecule has 1 unspecified atom stereocenters. The van der Waals surface area contributed by atoms with Crippen molar-refractivity contribution in [1.29, 1.82) is 0 Å². The zero-order valence-corrected chi connectivity index (χ0v) is 14.1. The highest BCUT2D eigenvalue weighted by atomic mass is 16.2. The highest BCUT2D eigenvalue weighted by Crippen LogP contribution is 2.32. The molecule has 1 fully saturated rings. The van der Waals surface area contributed by atoms with Gasteiger partial charge in [0.2, 0.25) is 5.91 Å². The number of benzene rings is 1. The van der Waals surface area contributed by atoms with Gasteiger partial charge in [0.05, 0.1) is 6.04 Å². The van der Waals surface area contributed by atoms with Crippen LogP contribution in [0.25, 0.3) is 0 Å². The fraction of sp³-hybridized carbons (Fsp3) is 0.550. The van der Waals surface area contributed by atoms with Crippen LogP contribution < -0.4 is 0 Å². The van der Waals surface area contributed by atoms with Gasteiger partial charge in [-0.3, -0.25) is 4.79 Å². The quantitative estimate of drug-likeness (QED) is 0.554. The number of rotatable bonds is 6. The molecule has 0 saturated carbocycles. The SMILES string of the molecule is CCCC(C)C[C@H]1CC(=O)N([C@@H](C)c2ccccc2)C1.[C-]#C. The molecule has 2 rings (SSSR count). The summed E-state index contributed by atoms with van der Waals surface area (Å²) in [6.45, 7) is 7.63. The zero-order valence-electron chi connectivity index (χ0n) is 14.1. The Labute approximate surface area is 135 Å². The second-order valence-corrected chi connectivity index (χ2v) is 6.33. The molecule has 2 nitrogen and oxygen atoms in total. The Hall–Kier alpha value is -1.75. The smallest absolute Gasteiger partial charge is 0.223 e. The topological polar surface area (TPSA) is 20.3 Å². The number of terminal acetylenes is 1. The minimum Gasteiger partial charge on any atom is -0.697 e. The highest BCUT2D eigenvalue weighted by molar-refractivity contribution is 5.79. The summed E-state index contributed by atoms with van der Waals surface area (Å²) in [6, 6.07) is 10.6. The lowest BCUT2D eigenvalue weighted by molar-refractivity contribution is -0.129. The van der Waals surface area contributed by atoms with Crippen molar-refractivity contribution in [2.24, 2.45) is 11.8 Å². The van der Waals surface area contributed by atoms with Gasteiger partial charge >= 0.3 is 0 Å². The molecule has 1 saturated heterocycles. The van der Waals surface area contributed by atoms with Crippen molar-refractivity contribution in [2.75, 3.05) is 6.54 Å². The lowest BCUT2D eigenvalue weighted by Crippen LogP contribution is -2.28. The maximum Gasteiger partial charge on any atom is 0.223 e. The van der Waals surface area contributed by atoms with Crippen molar-refractivity contribution in [3.63, 3.8) is 0 Å². The van der Waals surface area contributed by atoms with Gasteiger partial charge < -0.3 is 17.7 Å². The molecule has 0 bridgehead atoms. The van der Waals surface area contributed by atoms with Crippen molar-refractivity contribution in [3.8, 4) is 6.42 Å². The van der Waals surface area contributed by atoms with E-state index in [1.807, 2.05) is 18.2 Å². The van der Waals surface area contributed by atoms with E-state index in [0.29, 0.717) is 11.8 Å². The third-order valence-corrected chi connectivity index (χ3v) is 4.51. The third kappa shape index (κ3) is 4.91. The molecule has 1 aromatic carbocycles. The molecule has 1 heterocycles. The molecule has 1 aromatic rings.